The van der Waals surface area contributed by atoms with Gasteiger partial charge >= 0.3 is 0 Å². The zero-order chi connectivity index (χ0) is 37.8. The molecule has 0 aliphatic carbocycles. The van der Waals surface area contributed by atoms with Crippen molar-refractivity contribution in [2.24, 2.45) is 0 Å². The fourth-order valence-corrected chi connectivity index (χ4v) is 7.31. The average molecular weight is 660 g/mol. The number of hydrogen-bond acceptors (Lipinski definition) is 5. The smallest absolute Gasteiger partial charge is 0.164 e. The number of rotatable bonds is 4. The maximum atomic E-state index is 8.82. The van der Waals surface area contributed by atoms with E-state index < -0.39 is 30.2 Å². The molecule has 0 atom stereocenters. The molecule has 11 rings (SSSR count). The molecule has 0 N–H and O–H groups in total. The van der Waals surface area contributed by atoms with Crippen LogP contribution in [0.5, 0.6) is 0 Å². The van der Waals surface area contributed by atoms with E-state index in [1.54, 1.807) is 0 Å². The van der Waals surface area contributed by atoms with E-state index in [2.05, 4.69) is 53.1 Å². The Morgan fingerprint density at radius 3 is 1.86 bits per heavy atom. The van der Waals surface area contributed by atoms with Crippen LogP contribution >= 0.6 is 0 Å². The lowest BCUT2D eigenvalue weighted by atomic mass is 10.0. The number of nitrogens with zero attached hydrogens (tertiary/aromatic N) is 4. The first kappa shape index (κ1) is 23.3. The SMILES string of the molecule is [2H]c1c([2H])c([2H])c(-c2nc(-c3ccc4oc5ccccc5c4c3)nc(-c3cccc4oc5ccc(-n6c7ccccc7c7ccccc76)cc5c34)n2)c([2H])c1[2H]. The zero-order valence-electron chi connectivity index (χ0n) is 31.7. The van der Waals surface area contributed by atoms with Crippen LogP contribution in [-0.4, -0.2) is 19.5 Å². The molecule has 6 nitrogen and oxygen atoms in total. The first-order chi connectivity index (χ1) is 27.3. The molecule has 0 unspecified atom stereocenters. The van der Waals surface area contributed by atoms with Crippen molar-refractivity contribution in [1.82, 2.24) is 19.5 Å². The Hall–Kier alpha value is -7.05. The second kappa shape index (κ2) is 10.7. The summed E-state index contributed by atoms with van der Waals surface area (Å²) in [6.07, 6.45) is 0. The molecule has 0 saturated heterocycles. The van der Waals surface area contributed by atoms with Crippen LogP contribution in [0.3, 0.4) is 0 Å². The zero-order valence-corrected chi connectivity index (χ0v) is 26.7. The van der Waals surface area contributed by atoms with Gasteiger partial charge in [0, 0.05) is 54.7 Å². The van der Waals surface area contributed by atoms with Crippen LogP contribution in [0.4, 0.5) is 0 Å². The fraction of sp³-hybridized carbons (Fsp3) is 0. The summed E-state index contributed by atoms with van der Waals surface area (Å²) < 4.78 is 57.5. The Balaban J connectivity index is 1.18. The molecule has 11 aromatic rings. The Morgan fingerprint density at radius 1 is 0.451 bits per heavy atom. The topological polar surface area (TPSA) is 69.9 Å². The van der Waals surface area contributed by atoms with Gasteiger partial charge in [-0.25, -0.2) is 15.0 Å². The largest absolute Gasteiger partial charge is 0.456 e. The highest BCUT2D eigenvalue weighted by molar-refractivity contribution is 6.14. The van der Waals surface area contributed by atoms with E-state index in [1.807, 2.05) is 78.9 Å². The van der Waals surface area contributed by atoms with Gasteiger partial charge in [-0.3, -0.25) is 0 Å². The maximum absolute atomic E-state index is 8.82. The van der Waals surface area contributed by atoms with Crippen LogP contribution in [-0.2, 0) is 0 Å². The first-order valence-electron chi connectivity index (χ1n) is 19.0. The summed E-state index contributed by atoms with van der Waals surface area (Å²) in [4.78, 5) is 14.7. The van der Waals surface area contributed by atoms with Crippen LogP contribution < -0.4 is 0 Å². The standard InChI is InChI=1S/C45H26N4O2/c1-2-11-27(12-3-1)43-46-44(28-21-23-39-34(25-28)32-15-6-9-19-38(32)50-39)48-45(47-43)33-16-10-20-41-42(33)35-26-29(22-24-40(35)51-41)49-36-17-7-4-13-30(36)31-14-5-8-18-37(31)49/h1-26H/i1D,2D,3D,11D,12D. The van der Waals surface area contributed by atoms with E-state index >= 15 is 0 Å². The van der Waals surface area contributed by atoms with Gasteiger partial charge < -0.3 is 13.4 Å². The molecule has 0 radical (unpaired) electrons. The van der Waals surface area contributed by atoms with Crippen molar-refractivity contribution < 1.29 is 15.7 Å². The summed E-state index contributed by atoms with van der Waals surface area (Å²) in [6.45, 7) is 0. The molecule has 4 heterocycles. The number of hydrogen-bond donors (Lipinski definition) is 0. The van der Waals surface area contributed by atoms with E-state index in [9.17, 15) is 0 Å². The molecule has 0 aliphatic rings. The van der Waals surface area contributed by atoms with E-state index in [4.69, 9.17) is 30.6 Å². The minimum atomic E-state index is -0.496. The third-order valence-corrected chi connectivity index (χ3v) is 9.55. The molecule has 238 valence electrons. The van der Waals surface area contributed by atoms with Gasteiger partial charge in [-0.15, -0.1) is 0 Å². The summed E-state index contributed by atoms with van der Waals surface area (Å²) in [5.74, 6) is 0.471. The van der Waals surface area contributed by atoms with E-state index in [-0.39, 0.29) is 23.0 Å². The lowest BCUT2D eigenvalue weighted by Gasteiger charge is -2.10. The number of aromatic nitrogens is 4. The molecular formula is C45H26N4O2. The Kier molecular flexibility index (Phi) is 4.91. The Labute approximate surface area is 297 Å². The number of para-hydroxylation sites is 3. The molecule has 6 heteroatoms. The lowest BCUT2D eigenvalue weighted by molar-refractivity contribution is 0.668. The van der Waals surface area contributed by atoms with Gasteiger partial charge in [0.25, 0.3) is 0 Å². The van der Waals surface area contributed by atoms with Gasteiger partial charge in [-0.2, -0.15) is 0 Å². The molecule has 0 spiro atoms. The molecule has 51 heavy (non-hydrogen) atoms. The highest BCUT2D eigenvalue weighted by Gasteiger charge is 2.20. The van der Waals surface area contributed by atoms with Crippen molar-refractivity contribution in [1.29, 1.82) is 0 Å². The van der Waals surface area contributed by atoms with Gasteiger partial charge in [-0.05, 0) is 60.7 Å². The summed E-state index contributed by atoms with van der Waals surface area (Å²) in [6, 6.07) is 39.7. The van der Waals surface area contributed by atoms with Crippen molar-refractivity contribution in [3.8, 4) is 39.9 Å². The van der Waals surface area contributed by atoms with E-state index in [1.165, 1.54) is 0 Å². The average Bonchev–Trinajstić information content (AvgIpc) is 3.91. The molecular weight excluding hydrogens is 629 g/mol. The van der Waals surface area contributed by atoms with Crippen molar-refractivity contribution in [3.63, 3.8) is 0 Å². The first-order valence-corrected chi connectivity index (χ1v) is 16.5. The van der Waals surface area contributed by atoms with E-state index in [0.717, 1.165) is 54.6 Å². The highest BCUT2D eigenvalue weighted by Crippen LogP contribution is 2.40. The summed E-state index contributed by atoms with van der Waals surface area (Å²) in [7, 11) is 0. The van der Waals surface area contributed by atoms with Gasteiger partial charge in [-0.1, -0.05) is 96.9 Å². The minimum Gasteiger partial charge on any atom is -0.456 e. The molecule has 0 aliphatic heterocycles. The molecule has 4 aromatic heterocycles. The fourth-order valence-electron chi connectivity index (χ4n) is 7.31. The quantitative estimate of drug-likeness (QED) is 0.188. The molecule has 0 bridgehead atoms. The third kappa shape index (κ3) is 4.26. The van der Waals surface area contributed by atoms with Gasteiger partial charge in [0.05, 0.1) is 17.9 Å². The predicted molar refractivity (Wildman–Crippen MR) is 205 cm³/mol. The normalized spacial score (nSPS) is 13.3. The van der Waals surface area contributed by atoms with Crippen molar-refractivity contribution in [3.05, 3.63) is 158 Å². The van der Waals surface area contributed by atoms with Gasteiger partial charge in [0.2, 0.25) is 0 Å². The number of furan rings is 2. The number of fused-ring (bicyclic) bond motifs is 9. The van der Waals surface area contributed by atoms with Crippen molar-refractivity contribution >= 4 is 65.7 Å². The molecule has 0 saturated carbocycles. The monoisotopic (exact) mass is 659 g/mol. The maximum Gasteiger partial charge on any atom is 0.164 e. The predicted octanol–water partition coefficient (Wildman–Crippen LogP) is 11.8. The summed E-state index contributed by atoms with van der Waals surface area (Å²) in [5, 5.41) is 5.71. The second-order valence-electron chi connectivity index (χ2n) is 12.4. The van der Waals surface area contributed by atoms with Gasteiger partial charge in [0.15, 0.2) is 17.5 Å². The van der Waals surface area contributed by atoms with Crippen molar-refractivity contribution in [2.45, 2.75) is 0 Å². The number of benzene rings is 7. The molecule has 0 fully saturated rings. The van der Waals surface area contributed by atoms with Gasteiger partial charge in [0.1, 0.15) is 22.3 Å². The van der Waals surface area contributed by atoms with Crippen LogP contribution in [0, 0.1) is 0 Å². The van der Waals surface area contributed by atoms with E-state index in [0.29, 0.717) is 27.9 Å². The highest BCUT2D eigenvalue weighted by atomic mass is 16.3. The third-order valence-electron chi connectivity index (χ3n) is 9.55. The second-order valence-corrected chi connectivity index (χ2v) is 12.4. The summed E-state index contributed by atoms with van der Waals surface area (Å²) >= 11 is 0. The van der Waals surface area contributed by atoms with Crippen LogP contribution in [0.2, 0.25) is 0 Å². The molecule has 7 aromatic carbocycles. The lowest BCUT2D eigenvalue weighted by Crippen LogP contribution is -2.00. The Bertz CT molecular complexity index is 3380. The molecule has 0 amide bonds. The summed E-state index contributed by atoms with van der Waals surface area (Å²) in [5.41, 5.74) is 6.99. The van der Waals surface area contributed by atoms with Crippen LogP contribution in [0.15, 0.2) is 166 Å². The minimum absolute atomic E-state index is 0.0464. The van der Waals surface area contributed by atoms with Crippen LogP contribution in [0.25, 0.3) is 106 Å². The van der Waals surface area contributed by atoms with Crippen molar-refractivity contribution in [2.75, 3.05) is 0 Å². The van der Waals surface area contributed by atoms with Crippen LogP contribution in [0.1, 0.15) is 6.85 Å². The Morgan fingerprint density at radius 2 is 1.06 bits per heavy atom.